The topological polar surface area (TPSA) is 142 Å². The second kappa shape index (κ2) is 12.3. The number of amides is 3. The predicted octanol–water partition coefficient (Wildman–Crippen LogP) is 2.12. The number of urea groups is 1. The molecule has 1 aliphatic carbocycles. The average Bonchev–Trinajstić information content (AvgIpc) is 3.46. The number of carbonyl (C=O) groups is 3. The van der Waals surface area contributed by atoms with Crippen molar-refractivity contribution in [3.63, 3.8) is 0 Å². The predicted molar refractivity (Wildman–Crippen MR) is 133 cm³/mol. The highest BCUT2D eigenvalue weighted by atomic mass is 32.1. The van der Waals surface area contributed by atoms with Gasteiger partial charge in [-0.15, -0.1) is 0 Å². The number of benzene rings is 1. The summed E-state index contributed by atoms with van der Waals surface area (Å²) in [4.78, 5) is 39.2. The van der Waals surface area contributed by atoms with Gasteiger partial charge in [0.25, 0.3) is 5.91 Å². The third-order valence-corrected chi connectivity index (χ3v) is 6.79. The molecule has 1 aliphatic heterocycles. The lowest BCUT2D eigenvalue weighted by Crippen LogP contribution is -2.32. The molecule has 11 nitrogen and oxygen atoms in total. The Kier molecular flexibility index (Phi) is 8.90. The molecule has 2 heterocycles. The van der Waals surface area contributed by atoms with E-state index in [1.165, 1.54) is 25.3 Å². The summed E-state index contributed by atoms with van der Waals surface area (Å²) >= 11 is 0.828. The summed E-state index contributed by atoms with van der Waals surface area (Å²) in [7, 11) is 1.19. The van der Waals surface area contributed by atoms with Crippen molar-refractivity contribution in [3.8, 4) is 5.88 Å². The molecule has 0 spiro atoms. The number of ether oxygens (including phenoxy) is 2. The van der Waals surface area contributed by atoms with E-state index in [4.69, 9.17) is 9.47 Å². The van der Waals surface area contributed by atoms with Crippen LogP contribution >= 0.6 is 11.5 Å². The van der Waals surface area contributed by atoms with Gasteiger partial charge in [-0.2, -0.15) is 4.37 Å². The molecule has 2 fully saturated rings. The zero-order chi connectivity index (χ0) is 26.4. The molecule has 200 valence electrons. The summed E-state index contributed by atoms with van der Waals surface area (Å²) in [6.07, 6.45) is 3.03. The maximum atomic E-state index is 14.4. The molecule has 3 amide bonds. The zero-order valence-electron chi connectivity index (χ0n) is 20.4. The first-order valence-electron chi connectivity index (χ1n) is 12.1. The molecule has 4 N–H and O–H groups in total. The monoisotopic (exact) mass is 535 g/mol. The van der Waals surface area contributed by atoms with Crippen LogP contribution in [-0.2, 0) is 11.3 Å². The first kappa shape index (κ1) is 26.8. The standard InChI is InChI=1S/C24H30FN5O6S/c1-35-23(33)19-21(36-13-15-11-14(3-6-18(15)25)20(32)27-16-4-5-16)29-37-22(19)28-24(34)26-8-2-9-30-10-7-17(31)12-30/h3,6,11,16-17,31H,2,4-5,7-10,12-13H2,1H3,(H,27,32)(H2,26,28,34)/t17-/m0/s1. The molecule has 1 aromatic heterocycles. The molecular weight excluding hydrogens is 505 g/mol. The van der Waals surface area contributed by atoms with Gasteiger partial charge in [-0.3, -0.25) is 10.1 Å². The summed E-state index contributed by atoms with van der Waals surface area (Å²) in [5.41, 5.74) is 0.333. The van der Waals surface area contributed by atoms with Crippen molar-refractivity contribution in [2.24, 2.45) is 0 Å². The largest absolute Gasteiger partial charge is 0.471 e. The van der Waals surface area contributed by atoms with Crippen LogP contribution in [0.4, 0.5) is 14.2 Å². The number of anilines is 1. The number of aliphatic hydroxyl groups is 1. The van der Waals surface area contributed by atoms with Gasteiger partial charge in [-0.05, 0) is 62.0 Å². The van der Waals surface area contributed by atoms with Crippen molar-refractivity contribution in [3.05, 3.63) is 40.7 Å². The Morgan fingerprint density at radius 3 is 2.78 bits per heavy atom. The van der Waals surface area contributed by atoms with E-state index in [1.807, 2.05) is 0 Å². The Morgan fingerprint density at radius 1 is 1.27 bits per heavy atom. The summed E-state index contributed by atoms with van der Waals surface area (Å²) in [5, 5.41) is 17.8. The molecule has 2 aliphatic rings. The number of methoxy groups -OCH3 is 1. The number of rotatable bonds is 11. The van der Waals surface area contributed by atoms with Crippen molar-refractivity contribution in [2.45, 2.75) is 44.4 Å². The van der Waals surface area contributed by atoms with Crippen molar-refractivity contribution >= 4 is 34.4 Å². The molecule has 0 radical (unpaired) electrons. The number of esters is 1. The van der Waals surface area contributed by atoms with Crippen molar-refractivity contribution < 1.29 is 33.4 Å². The lowest BCUT2D eigenvalue weighted by molar-refractivity contribution is 0.0596. The fourth-order valence-corrected chi connectivity index (χ4v) is 4.60. The number of β-amino-alcohol motifs (C(OH)–C–C–N with tert-alkyl or cyclic N) is 1. The summed E-state index contributed by atoms with van der Waals surface area (Å²) in [6.45, 7) is 2.34. The van der Waals surface area contributed by atoms with E-state index in [-0.39, 0.29) is 46.7 Å². The number of nitrogens with zero attached hydrogens (tertiary/aromatic N) is 2. The van der Waals surface area contributed by atoms with Gasteiger partial charge >= 0.3 is 12.0 Å². The molecule has 2 aromatic rings. The second-order valence-electron chi connectivity index (χ2n) is 9.00. The Labute approximate surface area is 217 Å². The van der Waals surface area contributed by atoms with Crippen LogP contribution in [0.3, 0.4) is 0 Å². The number of halogens is 1. The number of aromatic nitrogens is 1. The van der Waals surface area contributed by atoms with Gasteiger partial charge in [0.05, 0.1) is 13.2 Å². The van der Waals surface area contributed by atoms with Crippen LogP contribution in [0.5, 0.6) is 5.88 Å². The molecule has 0 unspecified atom stereocenters. The van der Waals surface area contributed by atoms with E-state index < -0.39 is 17.8 Å². The van der Waals surface area contributed by atoms with Crippen molar-refractivity contribution in [1.82, 2.24) is 19.9 Å². The Balaban J connectivity index is 1.34. The van der Waals surface area contributed by atoms with Gasteiger partial charge in [-0.25, -0.2) is 14.0 Å². The number of hydrogen-bond acceptors (Lipinski definition) is 9. The molecule has 4 rings (SSSR count). The van der Waals surface area contributed by atoms with Crippen LogP contribution in [-0.4, -0.2) is 77.7 Å². The maximum absolute atomic E-state index is 14.4. The fourth-order valence-electron chi connectivity index (χ4n) is 3.88. The lowest BCUT2D eigenvalue weighted by Gasteiger charge is -2.14. The minimum atomic E-state index is -0.773. The quantitative estimate of drug-likeness (QED) is 0.253. The molecule has 13 heteroatoms. The first-order valence-corrected chi connectivity index (χ1v) is 12.9. The van der Waals surface area contributed by atoms with E-state index in [2.05, 4.69) is 25.2 Å². The van der Waals surface area contributed by atoms with Crippen LogP contribution in [0, 0.1) is 5.82 Å². The molecule has 1 saturated heterocycles. The molecular formula is C24H30FN5O6S. The van der Waals surface area contributed by atoms with Gasteiger partial charge in [0.15, 0.2) is 5.56 Å². The minimum absolute atomic E-state index is 0.0863. The number of nitrogens with one attached hydrogen (secondary N) is 3. The maximum Gasteiger partial charge on any atom is 0.346 e. The highest BCUT2D eigenvalue weighted by Crippen LogP contribution is 2.32. The van der Waals surface area contributed by atoms with E-state index in [0.717, 1.165) is 43.9 Å². The van der Waals surface area contributed by atoms with Crippen LogP contribution in [0.25, 0.3) is 0 Å². The minimum Gasteiger partial charge on any atom is -0.471 e. The highest BCUT2D eigenvalue weighted by Gasteiger charge is 2.26. The summed E-state index contributed by atoms with van der Waals surface area (Å²) < 4.78 is 28.9. The number of hydrogen-bond donors (Lipinski definition) is 4. The fraction of sp³-hybridized carbons (Fsp3) is 0.500. The third kappa shape index (κ3) is 7.37. The lowest BCUT2D eigenvalue weighted by atomic mass is 10.1. The smallest absolute Gasteiger partial charge is 0.346 e. The summed E-state index contributed by atoms with van der Waals surface area (Å²) in [5.74, 6) is -1.75. The third-order valence-electron chi connectivity index (χ3n) is 6.05. The van der Waals surface area contributed by atoms with Gasteiger partial charge in [0, 0.05) is 36.8 Å². The normalized spacial score (nSPS) is 17.3. The average molecular weight is 536 g/mol. The number of likely N-dealkylation sites (tertiary alicyclic amines) is 1. The number of aliphatic hydroxyl groups excluding tert-OH is 1. The van der Waals surface area contributed by atoms with E-state index in [9.17, 15) is 23.9 Å². The Morgan fingerprint density at radius 2 is 2.08 bits per heavy atom. The van der Waals surface area contributed by atoms with E-state index in [1.54, 1.807) is 0 Å². The van der Waals surface area contributed by atoms with E-state index in [0.29, 0.717) is 25.1 Å². The van der Waals surface area contributed by atoms with Gasteiger partial charge in [0.1, 0.15) is 17.4 Å². The van der Waals surface area contributed by atoms with E-state index >= 15 is 0 Å². The van der Waals surface area contributed by atoms with Crippen LogP contribution in [0.1, 0.15) is 52.0 Å². The molecule has 0 bridgehead atoms. The SMILES string of the molecule is COC(=O)c1c(OCc2cc(C(=O)NC3CC3)ccc2F)nsc1NC(=O)NCCCN1CC[C@H](O)C1. The van der Waals surface area contributed by atoms with Gasteiger partial charge in [0.2, 0.25) is 5.88 Å². The van der Waals surface area contributed by atoms with Crippen molar-refractivity contribution in [2.75, 3.05) is 38.6 Å². The van der Waals surface area contributed by atoms with Gasteiger partial charge in [-0.1, -0.05) is 0 Å². The van der Waals surface area contributed by atoms with Gasteiger partial charge < -0.3 is 30.1 Å². The van der Waals surface area contributed by atoms with Crippen LogP contribution in [0.2, 0.25) is 0 Å². The zero-order valence-corrected chi connectivity index (χ0v) is 21.2. The Hall–Kier alpha value is -3.29. The molecule has 1 saturated carbocycles. The first-order chi connectivity index (χ1) is 17.8. The molecule has 1 aromatic carbocycles. The Bertz CT molecular complexity index is 1140. The van der Waals surface area contributed by atoms with Crippen molar-refractivity contribution in [1.29, 1.82) is 0 Å². The second-order valence-corrected chi connectivity index (χ2v) is 9.78. The number of carbonyl (C=O) groups excluding carboxylic acids is 3. The molecule has 1 atom stereocenters. The molecule has 37 heavy (non-hydrogen) atoms. The highest BCUT2D eigenvalue weighted by molar-refractivity contribution is 7.11. The van der Waals surface area contributed by atoms with Crippen LogP contribution < -0.4 is 20.7 Å². The van der Waals surface area contributed by atoms with Crippen LogP contribution in [0.15, 0.2) is 18.2 Å². The summed E-state index contributed by atoms with van der Waals surface area (Å²) in [6, 6.07) is 3.62.